The Morgan fingerprint density at radius 3 is 2.69 bits per heavy atom. The molecule has 1 saturated heterocycles. The maximum Gasteiger partial charge on any atom is 0.111 e. The first-order valence-corrected chi connectivity index (χ1v) is 5.03. The van der Waals surface area contributed by atoms with Gasteiger partial charge < -0.3 is 10.2 Å². The molecular formula is C9H18N4. The lowest BCUT2D eigenvalue weighted by Crippen LogP contribution is -2.47. The van der Waals surface area contributed by atoms with E-state index in [2.05, 4.69) is 27.2 Å². The number of hydrogen-bond acceptors (Lipinski definition) is 4. The van der Waals surface area contributed by atoms with E-state index in [0.717, 1.165) is 19.6 Å². The van der Waals surface area contributed by atoms with Crippen LogP contribution in [-0.4, -0.2) is 68.5 Å². The van der Waals surface area contributed by atoms with Crippen LogP contribution in [0, 0.1) is 0 Å². The summed E-state index contributed by atoms with van der Waals surface area (Å²) in [6, 6.07) is 0. The molecule has 13 heavy (non-hydrogen) atoms. The zero-order valence-electron chi connectivity index (χ0n) is 8.29. The van der Waals surface area contributed by atoms with E-state index in [1.54, 1.807) is 0 Å². The molecule has 1 N–H and O–H groups in total. The summed E-state index contributed by atoms with van der Waals surface area (Å²) in [6.45, 7) is 7.74. The Balaban J connectivity index is 1.75. The SMILES string of the molecule is CN1CCN(CC2=NCCN2)CC1. The fourth-order valence-electron chi connectivity index (χ4n) is 1.77. The monoisotopic (exact) mass is 182 g/mol. The second-order valence-electron chi connectivity index (χ2n) is 3.83. The van der Waals surface area contributed by atoms with Crippen molar-refractivity contribution in [3.63, 3.8) is 0 Å². The van der Waals surface area contributed by atoms with Crippen molar-refractivity contribution in [2.45, 2.75) is 0 Å². The van der Waals surface area contributed by atoms with Gasteiger partial charge in [0.15, 0.2) is 0 Å². The van der Waals surface area contributed by atoms with Gasteiger partial charge in [0.1, 0.15) is 5.84 Å². The zero-order chi connectivity index (χ0) is 9.10. The van der Waals surface area contributed by atoms with Crippen LogP contribution < -0.4 is 5.32 Å². The van der Waals surface area contributed by atoms with Crippen molar-refractivity contribution in [3.8, 4) is 0 Å². The van der Waals surface area contributed by atoms with Crippen molar-refractivity contribution < 1.29 is 0 Å². The van der Waals surface area contributed by atoms with E-state index >= 15 is 0 Å². The summed E-state index contributed by atoms with van der Waals surface area (Å²) >= 11 is 0. The van der Waals surface area contributed by atoms with E-state index in [-0.39, 0.29) is 0 Å². The third-order valence-corrected chi connectivity index (χ3v) is 2.71. The van der Waals surface area contributed by atoms with Gasteiger partial charge in [0.05, 0.1) is 13.1 Å². The second-order valence-corrected chi connectivity index (χ2v) is 3.83. The van der Waals surface area contributed by atoms with Crippen LogP contribution >= 0.6 is 0 Å². The average molecular weight is 182 g/mol. The standard InChI is InChI=1S/C9H18N4/c1-12-4-6-13(7-5-12)8-9-10-2-3-11-9/h2-8H2,1H3,(H,10,11). The minimum Gasteiger partial charge on any atom is -0.371 e. The van der Waals surface area contributed by atoms with E-state index in [0.29, 0.717) is 0 Å². The molecule has 0 aromatic heterocycles. The van der Waals surface area contributed by atoms with Crippen molar-refractivity contribution in [2.24, 2.45) is 4.99 Å². The maximum atomic E-state index is 4.40. The third kappa shape index (κ3) is 2.42. The first-order chi connectivity index (χ1) is 6.34. The molecule has 0 unspecified atom stereocenters. The molecule has 2 aliphatic rings. The fourth-order valence-corrected chi connectivity index (χ4v) is 1.77. The van der Waals surface area contributed by atoms with Crippen molar-refractivity contribution in [2.75, 3.05) is 52.9 Å². The molecule has 2 heterocycles. The normalized spacial score (nSPS) is 25.8. The van der Waals surface area contributed by atoms with Gasteiger partial charge in [-0.1, -0.05) is 0 Å². The van der Waals surface area contributed by atoms with Crippen LogP contribution in [-0.2, 0) is 0 Å². The van der Waals surface area contributed by atoms with Gasteiger partial charge in [0.2, 0.25) is 0 Å². The molecule has 2 rings (SSSR count). The number of hydrogen-bond donors (Lipinski definition) is 1. The molecular weight excluding hydrogens is 164 g/mol. The molecule has 74 valence electrons. The van der Waals surface area contributed by atoms with Gasteiger partial charge in [0, 0.05) is 32.7 Å². The Morgan fingerprint density at radius 2 is 2.08 bits per heavy atom. The van der Waals surface area contributed by atoms with Gasteiger partial charge in [0.25, 0.3) is 0 Å². The number of aliphatic imine (C=N–C) groups is 1. The first-order valence-electron chi connectivity index (χ1n) is 5.03. The Labute approximate surface area is 79.6 Å². The lowest BCUT2D eigenvalue weighted by molar-refractivity contribution is 0.170. The van der Waals surface area contributed by atoms with E-state index in [4.69, 9.17) is 0 Å². The van der Waals surface area contributed by atoms with E-state index in [9.17, 15) is 0 Å². The van der Waals surface area contributed by atoms with Gasteiger partial charge in [-0.05, 0) is 7.05 Å². The van der Waals surface area contributed by atoms with Crippen LogP contribution in [0.2, 0.25) is 0 Å². The van der Waals surface area contributed by atoms with Crippen molar-refractivity contribution >= 4 is 5.84 Å². The van der Waals surface area contributed by atoms with E-state index in [1.165, 1.54) is 32.0 Å². The number of likely N-dealkylation sites (N-methyl/N-ethyl adjacent to an activating group) is 1. The molecule has 0 aliphatic carbocycles. The topological polar surface area (TPSA) is 30.9 Å². The largest absolute Gasteiger partial charge is 0.371 e. The molecule has 0 amide bonds. The van der Waals surface area contributed by atoms with Crippen LogP contribution in [0.1, 0.15) is 0 Å². The predicted octanol–water partition coefficient (Wildman–Crippen LogP) is -0.764. The van der Waals surface area contributed by atoms with E-state index in [1.807, 2.05) is 0 Å². The molecule has 0 bridgehead atoms. The Hall–Kier alpha value is -0.610. The van der Waals surface area contributed by atoms with Gasteiger partial charge in [-0.3, -0.25) is 9.89 Å². The minimum atomic E-state index is 0.961. The predicted molar refractivity (Wildman–Crippen MR) is 54.2 cm³/mol. The van der Waals surface area contributed by atoms with Crippen molar-refractivity contribution in [1.82, 2.24) is 15.1 Å². The summed E-state index contributed by atoms with van der Waals surface area (Å²) in [4.78, 5) is 9.24. The van der Waals surface area contributed by atoms with Gasteiger partial charge >= 0.3 is 0 Å². The number of piperazine rings is 1. The second kappa shape index (κ2) is 4.07. The molecule has 4 nitrogen and oxygen atoms in total. The highest BCUT2D eigenvalue weighted by atomic mass is 15.3. The van der Waals surface area contributed by atoms with Gasteiger partial charge in [-0.25, -0.2) is 0 Å². The van der Waals surface area contributed by atoms with E-state index < -0.39 is 0 Å². The summed E-state index contributed by atoms with van der Waals surface area (Å²) in [5.41, 5.74) is 0. The highest BCUT2D eigenvalue weighted by molar-refractivity contribution is 5.85. The first kappa shape index (κ1) is 8.97. The zero-order valence-corrected chi connectivity index (χ0v) is 8.29. The molecule has 0 spiro atoms. The number of amidine groups is 1. The lowest BCUT2D eigenvalue weighted by atomic mass is 10.3. The van der Waals surface area contributed by atoms with Gasteiger partial charge in [-0.2, -0.15) is 0 Å². The average Bonchev–Trinajstić information content (AvgIpc) is 2.62. The van der Waals surface area contributed by atoms with Crippen molar-refractivity contribution in [1.29, 1.82) is 0 Å². The molecule has 0 aromatic rings. The molecule has 0 aromatic carbocycles. The van der Waals surface area contributed by atoms with Crippen LogP contribution in [0.3, 0.4) is 0 Å². The fraction of sp³-hybridized carbons (Fsp3) is 0.889. The quantitative estimate of drug-likeness (QED) is 0.609. The minimum absolute atomic E-state index is 0.961. The Morgan fingerprint density at radius 1 is 1.31 bits per heavy atom. The van der Waals surface area contributed by atoms with Crippen LogP contribution in [0.15, 0.2) is 4.99 Å². The Bertz CT molecular complexity index is 194. The number of nitrogens with zero attached hydrogens (tertiary/aromatic N) is 3. The molecule has 0 saturated carbocycles. The molecule has 0 radical (unpaired) electrons. The Kier molecular flexibility index (Phi) is 2.80. The van der Waals surface area contributed by atoms with Crippen molar-refractivity contribution in [3.05, 3.63) is 0 Å². The van der Waals surface area contributed by atoms with Crippen LogP contribution in [0.25, 0.3) is 0 Å². The third-order valence-electron chi connectivity index (χ3n) is 2.71. The number of nitrogens with one attached hydrogen (secondary N) is 1. The summed E-state index contributed by atoms with van der Waals surface area (Å²) in [6.07, 6.45) is 0. The smallest absolute Gasteiger partial charge is 0.111 e. The number of rotatable bonds is 2. The van der Waals surface area contributed by atoms with Gasteiger partial charge in [-0.15, -0.1) is 0 Å². The highest BCUT2D eigenvalue weighted by Gasteiger charge is 2.16. The summed E-state index contributed by atoms with van der Waals surface area (Å²) in [7, 11) is 2.18. The summed E-state index contributed by atoms with van der Waals surface area (Å²) < 4.78 is 0. The summed E-state index contributed by atoms with van der Waals surface area (Å²) in [5, 5.41) is 3.31. The lowest BCUT2D eigenvalue weighted by Gasteiger charge is -2.32. The molecule has 1 fully saturated rings. The molecule has 0 atom stereocenters. The highest BCUT2D eigenvalue weighted by Crippen LogP contribution is 1.99. The molecule has 2 aliphatic heterocycles. The molecule has 4 heteroatoms. The maximum absolute atomic E-state index is 4.40. The van der Waals surface area contributed by atoms with Crippen LogP contribution in [0.5, 0.6) is 0 Å². The van der Waals surface area contributed by atoms with Crippen LogP contribution in [0.4, 0.5) is 0 Å². The summed E-state index contributed by atoms with van der Waals surface area (Å²) in [5.74, 6) is 1.18.